The van der Waals surface area contributed by atoms with Crippen LogP contribution < -0.4 is 10.2 Å². The molecule has 3 aromatic carbocycles. The van der Waals surface area contributed by atoms with Crippen LogP contribution in [-0.4, -0.2) is 28.6 Å². The number of hydrogen-bond acceptors (Lipinski definition) is 3. The Hall–Kier alpha value is -4.25. The molecule has 1 heterocycles. The first-order chi connectivity index (χ1) is 18.3. The lowest BCUT2D eigenvalue weighted by Gasteiger charge is -2.22. The number of nitrogens with zero attached hydrogens (tertiary/aromatic N) is 3. The van der Waals surface area contributed by atoms with Crippen molar-refractivity contribution in [3.05, 3.63) is 106 Å². The van der Waals surface area contributed by atoms with E-state index in [4.69, 9.17) is 11.6 Å². The average Bonchev–Trinajstić information content (AvgIpc) is 3.35. The molecule has 1 atom stereocenters. The number of hydrogen-bond donors (Lipinski definition) is 1. The second kappa shape index (κ2) is 10.9. The zero-order chi connectivity index (χ0) is 28.5. The van der Waals surface area contributed by atoms with Gasteiger partial charge in [0.25, 0.3) is 5.91 Å². The molecule has 0 bridgehead atoms. The fourth-order valence-electron chi connectivity index (χ4n) is 3.81. The molecule has 0 fully saturated rings. The molecule has 0 spiro atoms. The smallest absolute Gasteiger partial charge is 0.322 e. The summed E-state index contributed by atoms with van der Waals surface area (Å²) in [5.74, 6) is -4.05. The van der Waals surface area contributed by atoms with Crippen molar-refractivity contribution in [2.75, 3.05) is 17.3 Å². The van der Waals surface area contributed by atoms with Crippen molar-refractivity contribution >= 4 is 34.9 Å². The van der Waals surface area contributed by atoms with E-state index in [0.29, 0.717) is 0 Å². The van der Waals surface area contributed by atoms with Crippen LogP contribution in [0.15, 0.2) is 72.8 Å². The molecule has 0 aliphatic carbocycles. The number of aromatic nitrogens is 2. The summed E-state index contributed by atoms with van der Waals surface area (Å²) in [6, 6.07) is 15.1. The molecular formula is C27H20ClF5N4O2. The largest absolute Gasteiger partial charge is 0.435 e. The van der Waals surface area contributed by atoms with Crippen LogP contribution in [0.2, 0.25) is 5.02 Å². The number of carbonyl (C=O) groups is 2. The fraction of sp³-hybridized carbons (Fsp3) is 0.148. The molecule has 39 heavy (non-hydrogen) atoms. The third kappa shape index (κ3) is 6.09. The minimum Gasteiger partial charge on any atom is -0.322 e. The van der Waals surface area contributed by atoms with Gasteiger partial charge in [-0.25, -0.2) is 13.5 Å². The molecular weight excluding hydrogens is 543 g/mol. The van der Waals surface area contributed by atoms with E-state index in [0.717, 1.165) is 33.8 Å². The first kappa shape index (κ1) is 27.8. The van der Waals surface area contributed by atoms with Crippen molar-refractivity contribution in [1.82, 2.24) is 9.78 Å². The highest BCUT2D eigenvalue weighted by Crippen LogP contribution is 2.34. The lowest BCUT2D eigenvalue weighted by atomic mass is 9.98. The van der Waals surface area contributed by atoms with Crippen molar-refractivity contribution in [2.45, 2.75) is 19.0 Å². The van der Waals surface area contributed by atoms with E-state index in [-0.39, 0.29) is 33.3 Å². The monoisotopic (exact) mass is 562 g/mol. The number of rotatable bonds is 6. The third-order valence-corrected chi connectivity index (χ3v) is 6.15. The van der Waals surface area contributed by atoms with Crippen LogP contribution >= 0.6 is 11.6 Å². The quantitative estimate of drug-likeness (QED) is 0.262. The Kier molecular flexibility index (Phi) is 7.73. The van der Waals surface area contributed by atoms with Gasteiger partial charge in [-0.05, 0) is 67.1 Å². The molecule has 0 aliphatic heterocycles. The van der Waals surface area contributed by atoms with Crippen molar-refractivity contribution in [3.63, 3.8) is 0 Å². The highest BCUT2D eigenvalue weighted by Gasteiger charge is 2.36. The topological polar surface area (TPSA) is 67.2 Å². The maximum Gasteiger partial charge on any atom is 0.435 e. The summed E-state index contributed by atoms with van der Waals surface area (Å²) in [6.45, 7) is 1.45. The molecule has 1 aromatic heterocycles. The first-order valence-corrected chi connectivity index (χ1v) is 11.8. The highest BCUT2D eigenvalue weighted by molar-refractivity contribution is 6.30. The van der Waals surface area contributed by atoms with Crippen LogP contribution in [-0.2, 0) is 11.0 Å². The Morgan fingerprint density at radius 3 is 2.31 bits per heavy atom. The Morgan fingerprint density at radius 2 is 1.69 bits per heavy atom. The minimum atomic E-state index is -4.78. The molecule has 2 amide bonds. The number of alkyl halides is 3. The van der Waals surface area contributed by atoms with Gasteiger partial charge in [0.15, 0.2) is 5.69 Å². The summed E-state index contributed by atoms with van der Waals surface area (Å²) < 4.78 is 69.3. The Labute approximate surface area is 224 Å². The summed E-state index contributed by atoms with van der Waals surface area (Å²) in [5.41, 5.74) is -0.891. The molecule has 0 radical (unpaired) electrons. The van der Waals surface area contributed by atoms with Gasteiger partial charge in [0, 0.05) is 23.8 Å². The molecule has 202 valence electrons. The normalized spacial score (nSPS) is 12.2. The molecule has 1 N–H and O–H groups in total. The minimum absolute atomic E-state index is 0.183. The van der Waals surface area contributed by atoms with E-state index >= 15 is 0 Å². The number of nitrogens with one attached hydrogen (secondary N) is 1. The van der Waals surface area contributed by atoms with E-state index in [2.05, 4.69) is 10.4 Å². The van der Waals surface area contributed by atoms with E-state index in [1.165, 1.54) is 62.5 Å². The van der Waals surface area contributed by atoms with Crippen LogP contribution in [0.1, 0.15) is 34.5 Å². The molecule has 4 aromatic rings. The Morgan fingerprint density at radius 1 is 1.00 bits per heavy atom. The highest BCUT2D eigenvalue weighted by atomic mass is 35.5. The molecule has 6 nitrogen and oxygen atoms in total. The van der Waals surface area contributed by atoms with Gasteiger partial charge in [-0.2, -0.15) is 18.3 Å². The van der Waals surface area contributed by atoms with Gasteiger partial charge in [0.2, 0.25) is 5.91 Å². The molecule has 0 saturated carbocycles. The summed E-state index contributed by atoms with van der Waals surface area (Å²) in [5, 5.41) is 6.33. The first-order valence-electron chi connectivity index (χ1n) is 11.4. The zero-order valence-electron chi connectivity index (χ0n) is 20.4. The third-order valence-electron chi connectivity index (χ3n) is 5.92. The second-order valence-electron chi connectivity index (χ2n) is 8.60. The SMILES string of the molecule is CC(C(=O)N(C)c1cc(C(F)(F)F)nn1-c1cccc(Cl)c1)c1ccc(C(=O)Nc2ccc(F)cc2)c(F)c1. The standard InChI is InChI=1S/C27H20ClF5N4O2/c1-15(16-6-11-21(22(30)12-16)25(38)34-19-9-7-18(29)8-10-19)26(39)36(2)24-14-23(27(31,32)33)35-37(24)20-5-3-4-17(28)13-20/h3-15H,1-2H3,(H,34,38). The molecule has 1 unspecified atom stereocenters. The van der Waals surface area contributed by atoms with E-state index in [1.54, 1.807) is 0 Å². The van der Waals surface area contributed by atoms with Gasteiger partial charge in [-0.3, -0.25) is 14.5 Å². The number of halogens is 6. The van der Waals surface area contributed by atoms with Gasteiger partial charge in [-0.15, -0.1) is 0 Å². The Bertz CT molecular complexity index is 1540. The van der Waals surface area contributed by atoms with Gasteiger partial charge in [0.05, 0.1) is 17.2 Å². The van der Waals surface area contributed by atoms with Gasteiger partial charge >= 0.3 is 6.18 Å². The lowest BCUT2D eigenvalue weighted by molar-refractivity contribution is -0.141. The van der Waals surface area contributed by atoms with Crippen LogP contribution in [0, 0.1) is 11.6 Å². The average molecular weight is 563 g/mol. The number of benzene rings is 3. The van der Waals surface area contributed by atoms with Crippen molar-refractivity contribution in [3.8, 4) is 5.69 Å². The number of anilines is 2. The fourth-order valence-corrected chi connectivity index (χ4v) is 3.99. The van der Waals surface area contributed by atoms with Gasteiger partial charge in [-0.1, -0.05) is 23.7 Å². The van der Waals surface area contributed by atoms with Crippen molar-refractivity contribution in [1.29, 1.82) is 0 Å². The number of carbonyl (C=O) groups excluding carboxylic acids is 2. The zero-order valence-corrected chi connectivity index (χ0v) is 21.2. The summed E-state index contributed by atoms with van der Waals surface area (Å²) in [6.07, 6.45) is -4.78. The lowest BCUT2D eigenvalue weighted by Crippen LogP contribution is -2.32. The van der Waals surface area contributed by atoms with Crippen molar-refractivity contribution < 1.29 is 31.5 Å². The van der Waals surface area contributed by atoms with E-state index in [1.807, 2.05) is 0 Å². The number of likely N-dealkylation sites (N-methyl/N-ethyl adjacent to an activating group) is 1. The maximum atomic E-state index is 14.9. The van der Waals surface area contributed by atoms with Gasteiger partial charge < -0.3 is 5.32 Å². The molecule has 0 saturated heterocycles. The second-order valence-corrected chi connectivity index (χ2v) is 9.03. The molecule has 4 rings (SSSR count). The van der Waals surface area contributed by atoms with E-state index < -0.39 is 41.2 Å². The van der Waals surface area contributed by atoms with Crippen LogP contribution in [0.4, 0.5) is 33.5 Å². The number of amides is 2. The van der Waals surface area contributed by atoms with Crippen molar-refractivity contribution in [2.24, 2.45) is 0 Å². The van der Waals surface area contributed by atoms with Gasteiger partial charge in [0.1, 0.15) is 17.5 Å². The molecule has 12 heteroatoms. The van der Waals surface area contributed by atoms with Crippen LogP contribution in [0.5, 0.6) is 0 Å². The Balaban J connectivity index is 1.59. The van der Waals surface area contributed by atoms with E-state index in [9.17, 15) is 31.5 Å². The summed E-state index contributed by atoms with van der Waals surface area (Å²) in [7, 11) is 1.28. The summed E-state index contributed by atoms with van der Waals surface area (Å²) >= 11 is 5.99. The van der Waals surface area contributed by atoms with Crippen LogP contribution in [0.25, 0.3) is 5.69 Å². The summed E-state index contributed by atoms with van der Waals surface area (Å²) in [4.78, 5) is 26.8. The predicted molar refractivity (Wildman–Crippen MR) is 136 cm³/mol. The molecule has 0 aliphatic rings. The maximum absolute atomic E-state index is 14.9. The van der Waals surface area contributed by atoms with Crippen LogP contribution in [0.3, 0.4) is 0 Å². The predicted octanol–water partition coefficient (Wildman–Crippen LogP) is 6.84.